The lowest BCUT2D eigenvalue weighted by molar-refractivity contribution is -0.136. The van der Waals surface area contributed by atoms with Gasteiger partial charge in [-0.15, -0.1) is 11.3 Å². The molecule has 150 valence electrons. The number of nitrogens with zero attached hydrogens (tertiary/aromatic N) is 1. The van der Waals surface area contributed by atoms with Gasteiger partial charge in [-0.05, 0) is 30.2 Å². The Hall–Kier alpha value is -3.19. The van der Waals surface area contributed by atoms with Gasteiger partial charge in [-0.25, -0.2) is 4.98 Å². The number of nitrogens with one attached hydrogen (secondary N) is 1. The minimum Gasteiger partial charge on any atom is -0.489 e. The zero-order valence-corrected chi connectivity index (χ0v) is 16.9. The molecule has 0 saturated carbocycles. The predicted molar refractivity (Wildman–Crippen MR) is 111 cm³/mol. The molecule has 0 atom stereocenters. The Morgan fingerprint density at radius 3 is 2.41 bits per heavy atom. The van der Waals surface area contributed by atoms with E-state index in [-0.39, 0.29) is 18.7 Å². The van der Waals surface area contributed by atoms with Crippen LogP contribution >= 0.6 is 11.3 Å². The number of rotatable bonds is 9. The van der Waals surface area contributed by atoms with E-state index in [9.17, 15) is 9.59 Å². The van der Waals surface area contributed by atoms with Crippen molar-refractivity contribution in [1.29, 1.82) is 0 Å². The van der Waals surface area contributed by atoms with Gasteiger partial charge in [-0.3, -0.25) is 9.59 Å². The molecule has 0 aliphatic rings. The molecule has 1 heterocycles. The highest BCUT2D eigenvalue weighted by Crippen LogP contribution is 2.15. The molecule has 6 nitrogen and oxygen atoms in total. The first-order chi connectivity index (χ1) is 14.0. The molecule has 1 amide bonds. The molecule has 1 aromatic heterocycles. The van der Waals surface area contributed by atoms with Crippen molar-refractivity contribution in [1.82, 2.24) is 10.3 Å². The van der Waals surface area contributed by atoms with Crippen molar-refractivity contribution in [3.8, 4) is 5.75 Å². The van der Waals surface area contributed by atoms with Crippen molar-refractivity contribution in [3.05, 3.63) is 81.3 Å². The molecule has 0 aliphatic heterocycles. The standard InChI is InChI=1S/C22H22N2O4S/c1-15-2-4-17(5-3-15)13-28-19-8-6-16(7-9-19)12-23-20(25)11-21-24-18(14-29-21)10-22(26)27/h2-9,14H,10-13H2,1H3,(H,23,25)(H,26,27). The number of hydrogen-bond donors (Lipinski definition) is 2. The van der Waals surface area contributed by atoms with Crippen LogP contribution in [0.5, 0.6) is 5.75 Å². The Balaban J connectivity index is 1.43. The third kappa shape index (κ3) is 6.73. The molecule has 2 N–H and O–H groups in total. The number of aliphatic carboxylic acids is 1. The van der Waals surface area contributed by atoms with Gasteiger partial charge in [0.15, 0.2) is 0 Å². The van der Waals surface area contributed by atoms with Crippen LogP contribution in [-0.2, 0) is 35.6 Å². The molecule has 0 unspecified atom stereocenters. The number of hydrogen-bond acceptors (Lipinski definition) is 5. The maximum absolute atomic E-state index is 12.1. The van der Waals surface area contributed by atoms with Crippen molar-refractivity contribution < 1.29 is 19.4 Å². The van der Waals surface area contributed by atoms with Gasteiger partial charge >= 0.3 is 5.97 Å². The molecule has 0 fully saturated rings. The molecule has 0 aliphatic carbocycles. The van der Waals surface area contributed by atoms with Crippen LogP contribution in [0.15, 0.2) is 53.9 Å². The number of carbonyl (C=O) groups is 2. The average Bonchev–Trinajstić information content (AvgIpc) is 3.12. The Kier molecular flexibility index (Phi) is 6.97. The van der Waals surface area contributed by atoms with E-state index in [0.717, 1.165) is 16.9 Å². The number of aryl methyl sites for hydroxylation is 1. The van der Waals surface area contributed by atoms with Gasteiger partial charge in [0, 0.05) is 11.9 Å². The molecule has 0 saturated heterocycles. The molecule has 7 heteroatoms. The summed E-state index contributed by atoms with van der Waals surface area (Å²) in [5, 5.41) is 13.9. The van der Waals surface area contributed by atoms with Gasteiger partial charge < -0.3 is 15.2 Å². The number of aromatic nitrogens is 1. The van der Waals surface area contributed by atoms with E-state index < -0.39 is 5.97 Å². The normalized spacial score (nSPS) is 10.5. The lowest BCUT2D eigenvalue weighted by atomic mass is 10.2. The van der Waals surface area contributed by atoms with Crippen LogP contribution in [-0.4, -0.2) is 22.0 Å². The fraction of sp³-hybridized carbons (Fsp3) is 0.227. The highest BCUT2D eigenvalue weighted by atomic mass is 32.1. The Bertz CT molecular complexity index is 965. The van der Waals surface area contributed by atoms with Crippen LogP contribution in [0.4, 0.5) is 0 Å². The Morgan fingerprint density at radius 1 is 1.03 bits per heavy atom. The number of ether oxygens (including phenoxy) is 1. The SMILES string of the molecule is Cc1ccc(COc2ccc(CNC(=O)Cc3nc(CC(=O)O)cs3)cc2)cc1. The smallest absolute Gasteiger partial charge is 0.309 e. The van der Waals surface area contributed by atoms with E-state index in [1.54, 1.807) is 5.38 Å². The minimum atomic E-state index is -0.933. The summed E-state index contributed by atoms with van der Waals surface area (Å²) in [5.41, 5.74) is 3.77. The number of thiazole rings is 1. The van der Waals surface area contributed by atoms with E-state index in [2.05, 4.69) is 29.4 Å². The summed E-state index contributed by atoms with van der Waals surface area (Å²) in [6.45, 7) is 2.97. The number of carbonyl (C=O) groups excluding carboxylic acids is 1. The number of amides is 1. The van der Waals surface area contributed by atoms with Crippen LogP contribution in [0, 0.1) is 6.92 Å². The van der Waals surface area contributed by atoms with Gasteiger partial charge in [0.05, 0.1) is 18.5 Å². The first kappa shape index (κ1) is 20.5. The third-order valence-electron chi connectivity index (χ3n) is 4.18. The highest BCUT2D eigenvalue weighted by Gasteiger charge is 2.10. The topological polar surface area (TPSA) is 88.5 Å². The summed E-state index contributed by atoms with van der Waals surface area (Å²) in [5.74, 6) is -0.312. The van der Waals surface area contributed by atoms with Gasteiger partial charge in [0.1, 0.15) is 17.4 Å². The first-order valence-corrected chi connectivity index (χ1v) is 10.0. The first-order valence-electron chi connectivity index (χ1n) is 9.17. The quantitative estimate of drug-likeness (QED) is 0.564. The second-order valence-corrected chi connectivity index (χ2v) is 7.62. The van der Waals surface area contributed by atoms with Crippen molar-refractivity contribution in [2.24, 2.45) is 0 Å². The molecule has 3 aromatic rings. The van der Waals surface area contributed by atoms with E-state index >= 15 is 0 Å². The van der Waals surface area contributed by atoms with E-state index in [4.69, 9.17) is 9.84 Å². The van der Waals surface area contributed by atoms with Gasteiger partial charge in [0.2, 0.25) is 5.91 Å². The highest BCUT2D eigenvalue weighted by molar-refractivity contribution is 7.09. The molecule has 0 bridgehead atoms. The number of benzene rings is 2. The summed E-state index contributed by atoms with van der Waals surface area (Å²) >= 11 is 1.30. The summed E-state index contributed by atoms with van der Waals surface area (Å²) in [6, 6.07) is 15.8. The van der Waals surface area contributed by atoms with Gasteiger partial charge in [-0.1, -0.05) is 42.0 Å². The largest absolute Gasteiger partial charge is 0.489 e. The second kappa shape index (κ2) is 9.84. The molecule has 2 aromatic carbocycles. The summed E-state index contributed by atoms with van der Waals surface area (Å²) < 4.78 is 5.79. The van der Waals surface area contributed by atoms with Crippen LogP contribution in [0.3, 0.4) is 0 Å². The van der Waals surface area contributed by atoms with Gasteiger partial charge in [0.25, 0.3) is 0 Å². The Morgan fingerprint density at radius 2 is 1.72 bits per heavy atom. The zero-order valence-electron chi connectivity index (χ0n) is 16.1. The van der Waals surface area contributed by atoms with Crippen molar-refractivity contribution >= 4 is 23.2 Å². The lowest BCUT2D eigenvalue weighted by Gasteiger charge is -2.08. The molecular weight excluding hydrogens is 388 g/mol. The van der Waals surface area contributed by atoms with Crippen LogP contribution in [0.25, 0.3) is 0 Å². The van der Waals surface area contributed by atoms with Gasteiger partial charge in [-0.2, -0.15) is 0 Å². The van der Waals surface area contributed by atoms with Crippen LogP contribution < -0.4 is 10.1 Å². The minimum absolute atomic E-state index is 0.129. The fourth-order valence-corrected chi connectivity index (χ4v) is 3.41. The number of carboxylic acids is 1. The van der Waals surface area contributed by atoms with Crippen molar-refractivity contribution in [2.75, 3.05) is 0 Å². The van der Waals surface area contributed by atoms with E-state index in [1.165, 1.54) is 16.9 Å². The third-order valence-corrected chi connectivity index (χ3v) is 5.08. The second-order valence-electron chi connectivity index (χ2n) is 6.67. The fourth-order valence-electron chi connectivity index (χ4n) is 2.62. The van der Waals surface area contributed by atoms with E-state index in [1.807, 2.05) is 36.4 Å². The maximum atomic E-state index is 12.1. The van der Waals surface area contributed by atoms with Crippen molar-refractivity contribution in [3.63, 3.8) is 0 Å². The Labute approximate surface area is 173 Å². The van der Waals surface area contributed by atoms with Crippen molar-refractivity contribution in [2.45, 2.75) is 32.9 Å². The number of carboxylic acid groups (broad SMARTS) is 1. The summed E-state index contributed by atoms with van der Waals surface area (Å²) in [7, 11) is 0. The average molecular weight is 410 g/mol. The molecule has 0 radical (unpaired) electrons. The monoisotopic (exact) mass is 410 g/mol. The van der Waals surface area contributed by atoms with E-state index in [0.29, 0.717) is 23.9 Å². The summed E-state index contributed by atoms with van der Waals surface area (Å²) in [4.78, 5) is 26.9. The van der Waals surface area contributed by atoms with Crippen LogP contribution in [0.1, 0.15) is 27.4 Å². The molecular formula is C22H22N2O4S. The molecule has 0 spiro atoms. The maximum Gasteiger partial charge on any atom is 0.309 e. The summed E-state index contributed by atoms with van der Waals surface area (Å²) in [6.07, 6.45) is 0.0124. The zero-order chi connectivity index (χ0) is 20.6. The molecule has 3 rings (SSSR count). The molecule has 29 heavy (non-hydrogen) atoms. The van der Waals surface area contributed by atoms with Crippen LogP contribution in [0.2, 0.25) is 0 Å². The predicted octanol–water partition coefficient (Wildman–Crippen LogP) is 3.52. The lowest BCUT2D eigenvalue weighted by Crippen LogP contribution is -2.24.